The van der Waals surface area contributed by atoms with Crippen molar-refractivity contribution >= 4 is 5.91 Å². The number of hydrogen-bond donors (Lipinski definition) is 1. The molecule has 6 heteroatoms. The molecule has 2 aromatic rings. The number of nitrogens with zero attached hydrogens (tertiary/aromatic N) is 1. The van der Waals surface area contributed by atoms with Crippen molar-refractivity contribution in [2.24, 2.45) is 0 Å². The Balaban J connectivity index is 1.79. The van der Waals surface area contributed by atoms with E-state index in [4.69, 9.17) is 14.0 Å². The van der Waals surface area contributed by atoms with Gasteiger partial charge in [0.15, 0.2) is 5.76 Å². The highest BCUT2D eigenvalue weighted by Crippen LogP contribution is 2.23. The van der Waals surface area contributed by atoms with E-state index in [-0.39, 0.29) is 18.4 Å². The van der Waals surface area contributed by atoms with Gasteiger partial charge in [-0.05, 0) is 44.5 Å². The Kier molecular flexibility index (Phi) is 6.81. The lowest BCUT2D eigenvalue weighted by Crippen LogP contribution is -2.27. The zero-order valence-corrected chi connectivity index (χ0v) is 14.4. The van der Waals surface area contributed by atoms with E-state index in [1.165, 1.54) is 0 Å². The number of methoxy groups -OCH3 is 1. The molecule has 0 aliphatic carbocycles. The highest BCUT2D eigenvalue weighted by atomic mass is 16.5. The van der Waals surface area contributed by atoms with Gasteiger partial charge in [-0.3, -0.25) is 4.79 Å². The Morgan fingerprint density at radius 1 is 1.29 bits per heavy atom. The summed E-state index contributed by atoms with van der Waals surface area (Å²) in [6.07, 6.45) is 1.21. The van der Waals surface area contributed by atoms with Crippen LogP contribution < -0.4 is 10.1 Å². The quantitative estimate of drug-likeness (QED) is 0.715. The van der Waals surface area contributed by atoms with Crippen LogP contribution in [0.1, 0.15) is 26.0 Å². The van der Waals surface area contributed by atoms with Crippen LogP contribution in [0, 0.1) is 0 Å². The molecule has 0 spiro atoms. The minimum Gasteiger partial charge on any atom is -0.497 e. The molecule has 0 radical (unpaired) electrons. The zero-order valence-electron chi connectivity index (χ0n) is 14.4. The van der Waals surface area contributed by atoms with Gasteiger partial charge >= 0.3 is 0 Å². The summed E-state index contributed by atoms with van der Waals surface area (Å²) >= 11 is 0. The van der Waals surface area contributed by atoms with Gasteiger partial charge in [-0.15, -0.1) is 0 Å². The molecule has 130 valence electrons. The van der Waals surface area contributed by atoms with Gasteiger partial charge in [0.05, 0.1) is 25.3 Å². The SMILES string of the molecule is COc1ccc(-c2cc(CC(=O)NCCCOC(C)C)no2)cc1. The van der Waals surface area contributed by atoms with Gasteiger partial charge in [0.2, 0.25) is 5.91 Å². The lowest BCUT2D eigenvalue weighted by Gasteiger charge is -2.07. The molecule has 1 N–H and O–H groups in total. The number of carbonyl (C=O) groups is 1. The van der Waals surface area contributed by atoms with Crippen LogP contribution in [0.5, 0.6) is 5.75 Å². The Morgan fingerprint density at radius 3 is 2.71 bits per heavy atom. The van der Waals surface area contributed by atoms with Crippen LogP contribution in [0.25, 0.3) is 11.3 Å². The molecule has 1 aromatic carbocycles. The van der Waals surface area contributed by atoms with Gasteiger partial charge in [-0.1, -0.05) is 5.16 Å². The minimum absolute atomic E-state index is 0.0749. The maximum Gasteiger partial charge on any atom is 0.226 e. The molecule has 1 amide bonds. The fourth-order valence-corrected chi connectivity index (χ4v) is 2.13. The summed E-state index contributed by atoms with van der Waals surface area (Å²) in [5.41, 5.74) is 1.50. The number of benzene rings is 1. The maximum absolute atomic E-state index is 11.9. The first kappa shape index (κ1) is 18.0. The number of amides is 1. The average Bonchev–Trinajstić information content (AvgIpc) is 3.02. The first-order chi connectivity index (χ1) is 11.6. The Hall–Kier alpha value is -2.34. The maximum atomic E-state index is 11.9. The molecule has 0 saturated carbocycles. The van der Waals surface area contributed by atoms with Crippen molar-refractivity contribution in [3.63, 3.8) is 0 Å². The summed E-state index contributed by atoms with van der Waals surface area (Å²) in [6.45, 7) is 5.21. The largest absolute Gasteiger partial charge is 0.497 e. The molecule has 6 nitrogen and oxygen atoms in total. The summed E-state index contributed by atoms with van der Waals surface area (Å²) in [4.78, 5) is 11.9. The van der Waals surface area contributed by atoms with E-state index >= 15 is 0 Å². The number of carbonyl (C=O) groups excluding carboxylic acids is 1. The number of nitrogens with one attached hydrogen (secondary N) is 1. The average molecular weight is 332 g/mol. The summed E-state index contributed by atoms with van der Waals surface area (Å²) in [5, 5.41) is 6.80. The van der Waals surface area contributed by atoms with Gasteiger partial charge in [-0.2, -0.15) is 0 Å². The molecule has 0 unspecified atom stereocenters. The predicted molar refractivity (Wildman–Crippen MR) is 90.9 cm³/mol. The number of aromatic nitrogens is 1. The third-order valence-corrected chi connectivity index (χ3v) is 3.37. The molecular weight excluding hydrogens is 308 g/mol. The second-order valence-electron chi connectivity index (χ2n) is 5.71. The van der Waals surface area contributed by atoms with E-state index in [1.54, 1.807) is 13.2 Å². The molecule has 0 saturated heterocycles. The van der Waals surface area contributed by atoms with Crippen molar-refractivity contribution in [1.29, 1.82) is 0 Å². The molecule has 2 rings (SSSR count). The summed E-state index contributed by atoms with van der Waals surface area (Å²) < 4.78 is 15.8. The van der Waals surface area contributed by atoms with Crippen molar-refractivity contribution in [2.45, 2.75) is 32.8 Å². The monoisotopic (exact) mass is 332 g/mol. The molecule has 1 heterocycles. The van der Waals surface area contributed by atoms with Gasteiger partial charge in [0.1, 0.15) is 5.75 Å². The van der Waals surface area contributed by atoms with Crippen LogP contribution in [-0.4, -0.2) is 37.4 Å². The molecule has 0 aliphatic heterocycles. The molecule has 24 heavy (non-hydrogen) atoms. The van der Waals surface area contributed by atoms with Crippen LogP contribution >= 0.6 is 0 Å². The Bertz CT molecular complexity index is 635. The lowest BCUT2D eigenvalue weighted by atomic mass is 10.1. The van der Waals surface area contributed by atoms with Crippen LogP contribution in [-0.2, 0) is 16.0 Å². The van der Waals surface area contributed by atoms with Gasteiger partial charge in [0.25, 0.3) is 0 Å². The first-order valence-corrected chi connectivity index (χ1v) is 8.07. The van der Waals surface area contributed by atoms with E-state index in [1.807, 2.05) is 38.1 Å². The molecule has 1 aromatic heterocycles. The van der Waals surface area contributed by atoms with E-state index < -0.39 is 0 Å². The standard InChI is InChI=1S/C18H24N2O4/c1-13(2)23-10-4-9-19-18(21)12-15-11-17(24-20-15)14-5-7-16(22-3)8-6-14/h5-8,11,13H,4,9-10,12H2,1-3H3,(H,19,21). The van der Waals surface area contributed by atoms with Gasteiger partial charge in [-0.25, -0.2) is 0 Å². The van der Waals surface area contributed by atoms with E-state index in [0.717, 1.165) is 17.7 Å². The lowest BCUT2D eigenvalue weighted by molar-refractivity contribution is -0.120. The first-order valence-electron chi connectivity index (χ1n) is 8.07. The molecule has 0 aliphatic rings. The van der Waals surface area contributed by atoms with Crippen LogP contribution in [0.3, 0.4) is 0 Å². The van der Waals surface area contributed by atoms with Gasteiger partial charge < -0.3 is 19.3 Å². The minimum atomic E-state index is -0.0749. The molecule has 0 fully saturated rings. The normalized spacial score (nSPS) is 10.8. The van der Waals surface area contributed by atoms with Crippen molar-refractivity contribution < 1.29 is 18.8 Å². The number of ether oxygens (including phenoxy) is 2. The van der Waals surface area contributed by atoms with Gasteiger partial charge in [0, 0.05) is 24.8 Å². The van der Waals surface area contributed by atoms with Crippen LogP contribution in [0.15, 0.2) is 34.9 Å². The van der Waals surface area contributed by atoms with Crippen LogP contribution in [0.4, 0.5) is 0 Å². The predicted octanol–water partition coefficient (Wildman–Crippen LogP) is 2.82. The van der Waals surface area contributed by atoms with Crippen molar-refractivity contribution in [2.75, 3.05) is 20.3 Å². The van der Waals surface area contributed by atoms with E-state index in [9.17, 15) is 4.79 Å². The van der Waals surface area contributed by atoms with E-state index in [0.29, 0.717) is 24.6 Å². The Labute approximate surface area is 142 Å². The third kappa shape index (κ3) is 5.70. The second-order valence-corrected chi connectivity index (χ2v) is 5.71. The summed E-state index contributed by atoms with van der Waals surface area (Å²) in [6, 6.07) is 9.26. The number of hydrogen-bond acceptors (Lipinski definition) is 5. The summed E-state index contributed by atoms with van der Waals surface area (Å²) in [7, 11) is 1.62. The van der Waals surface area contributed by atoms with Crippen molar-refractivity contribution in [1.82, 2.24) is 10.5 Å². The fraction of sp³-hybridized carbons (Fsp3) is 0.444. The topological polar surface area (TPSA) is 73.6 Å². The van der Waals surface area contributed by atoms with Crippen molar-refractivity contribution in [3.8, 4) is 17.1 Å². The summed E-state index contributed by atoms with van der Waals surface area (Å²) in [5.74, 6) is 1.33. The second kappa shape index (κ2) is 9.08. The van der Waals surface area contributed by atoms with Crippen molar-refractivity contribution in [3.05, 3.63) is 36.0 Å². The highest BCUT2D eigenvalue weighted by Gasteiger charge is 2.10. The third-order valence-electron chi connectivity index (χ3n) is 3.37. The fourth-order valence-electron chi connectivity index (χ4n) is 2.13. The highest BCUT2D eigenvalue weighted by molar-refractivity contribution is 5.78. The molecule has 0 bridgehead atoms. The number of rotatable bonds is 9. The van der Waals surface area contributed by atoms with E-state index in [2.05, 4.69) is 10.5 Å². The molecule has 0 atom stereocenters. The smallest absolute Gasteiger partial charge is 0.226 e. The zero-order chi connectivity index (χ0) is 17.4. The molecular formula is C18H24N2O4. The Morgan fingerprint density at radius 2 is 2.04 bits per heavy atom. The van der Waals surface area contributed by atoms with Crippen LogP contribution in [0.2, 0.25) is 0 Å².